The lowest BCUT2D eigenvalue weighted by Crippen LogP contribution is -2.25. The van der Waals surface area contributed by atoms with Crippen molar-refractivity contribution in [2.45, 2.75) is 20.3 Å². The van der Waals surface area contributed by atoms with Gasteiger partial charge in [0.2, 0.25) is 0 Å². The predicted octanol–water partition coefficient (Wildman–Crippen LogP) is 4.49. The normalized spacial score (nSPS) is 13.2. The minimum atomic E-state index is 0.864. The molecule has 0 amide bonds. The van der Waals surface area contributed by atoms with Crippen LogP contribution >= 0.6 is 0 Å². The van der Waals surface area contributed by atoms with Crippen LogP contribution in [-0.4, -0.2) is 30.6 Å². The van der Waals surface area contributed by atoms with E-state index in [2.05, 4.69) is 54.5 Å². The maximum atomic E-state index is 2.16. The van der Waals surface area contributed by atoms with Crippen LogP contribution in [0, 0.1) is 0 Å². The van der Waals surface area contributed by atoms with E-state index in [9.17, 15) is 0 Å². The van der Waals surface area contributed by atoms with Crippen molar-refractivity contribution in [1.82, 2.24) is 9.80 Å². The maximum absolute atomic E-state index is 2.16. The molecule has 0 heterocycles. The molecule has 0 aromatic rings. The van der Waals surface area contributed by atoms with Gasteiger partial charge in [-0.3, -0.25) is 0 Å². The van der Waals surface area contributed by atoms with Crippen LogP contribution in [0.3, 0.4) is 0 Å². The molecule has 0 rings (SSSR count). The van der Waals surface area contributed by atoms with Crippen molar-refractivity contribution < 1.29 is 0 Å². The summed E-state index contributed by atoms with van der Waals surface area (Å²) in [6.45, 7) is 4.89. The molecule has 0 radical (unpaired) electrons. The van der Waals surface area contributed by atoms with Crippen LogP contribution in [0.25, 0.3) is 0 Å². The third-order valence-corrected chi connectivity index (χ3v) is 2.38. The Morgan fingerprint density at radius 1 is 0.650 bits per heavy atom. The lowest BCUT2D eigenvalue weighted by atomic mass is 10.3. The molecule has 0 bridgehead atoms. The average molecular weight is 272 g/mol. The van der Waals surface area contributed by atoms with Crippen molar-refractivity contribution in [3.05, 3.63) is 73.2 Å². The highest BCUT2D eigenvalue weighted by molar-refractivity contribution is 5.10. The predicted molar refractivity (Wildman–Crippen MR) is 91.2 cm³/mol. The molecule has 110 valence electrons. The Bertz CT molecular complexity index is 384. The van der Waals surface area contributed by atoms with Gasteiger partial charge in [0.15, 0.2) is 0 Å². The molecule has 0 atom stereocenters. The standard InChI is InChI=1S/C18H28N2/c1-5-7-9-11-13-15-17-20(4)18-19(3)16-14-12-10-8-6-2/h5-12,14-17H,13,18H2,1-4H3/b7-5-,8-6-,11-9?,12-10-,16-14+,17-15+. The van der Waals surface area contributed by atoms with Crippen molar-refractivity contribution in [2.24, 2.45) is 0 Å². The molecule has 0 unspecified atom stereocenters. The van der Waals surface area contributed by atoms with E-state index < -0.39 is 0 Å². The highest BCUT2D eigenvalue weighted by Crippen LogP contribution is 1.94. The van der Waals surface area contributed by atoms with Crippen LogP contribution in [0.4, 0.5) is 0 Å². The van der Waals surface area contributed by atoms with E-state index in [0.29, 0.717) is 0 Å². The quantitative estimate of drug-likeness (QED) is 0.451. The minimum absolute atomic E-state index is 0.864. The van der Waals surface area contributed by atoms with Crippen LogP contribution in [-0.2, 0) is 0 Å². The third-order valence-electron chi connectivity index (χ3n) is 2.38. The summed E-state index contributed by atoms with van der Waals surface area (Å²) in [6.07, 6.45) is 25.7. The fourth-order valence-corrected chi connectivity index (χ4v) is 1.47. The molecule has 0 aromatic heterocycles. The molecular weight excluding hydrogens is 244 g/mol. The van der Waals surface area contributed by atoms with Gasteiger partial charge in [0, 0.05) is 20.3 Å². The van der Waals surface area contributed by atoms with E-state index >= 15 is 0 Å². The van der Waals surface area contributed by atoms with Gasteiger partial charge < -0.3 is 9.80 Å². The highest BCUT2D eigenvalue weighted by atomic mass is 15.3. The second-order valence-electron chi connectivity index (χ2n) is 4.48. The van der Waals surface area contributed by atoms with Crippen LogP contribution in [0.5, 0.6) is 0 Å². The van der Waals surface area contributed by atoms with E-state index in [1.807, 2.05) is 56.4 Å². The van der Waals surface area contributed by atoms with E-state index in [4.69, 9.17) is 0 Å². The number of nitrogens with zero attached hydrogens (tertiary/aromatic N) is 2. The smallest absolute Gasteiger partial charge is 0.0886 e. The molecule has 0 fully saturated rings. The first-order chi connectivity index (χ1) is 9.70. The van der Waals surface area contributed by atoms with Crippen LogP contribution in [0.1, 0.15) is 20.3 Å². The average Bonchev–Trinajstić information content (AvgIpc) is 2.42. The second-order valence-corrected chi connectivity index (χ2v) is 4.48. The zero-order chi connectivity index (χ0) is 15.1. The summed E-state index contributed by atoms with van der Waals surface area (Å²) in [5.74, 6) is 0. The molecule has 0 spiro atoms. The molecule has 0 aliphatic heterocycles. The zero-order valence-corrected chi connectivity index (χ0v) is 13.2. The van der Waals surface area contributed by atoms with Crippen LogP contribution in [0.2, 0.25) is 0 Å². The van der Waals surface area contributed by atoms with Gasteiger partial charge >= 0.3 is 0 Å². The first-order valence-electron chi connectivity index (χ1n) is 7.01. The SMILES string of the molecule is C/C=C\C=CC/C=C/N(C)CN(C)/C=C/C=C\C=C/C. The van der Waals surface area contributed by atoms with Crippen molar-refractivity contribution in [3.8, 4) is 0 Å². The summed E-state index contributed by atoms with van der Waals surface area (Å²) in [5.41, 5.74) is 0. The molecule has 2 heteroatoms. The van der Waals surface area contributed by atoms with Crippen molar-refractivity contribution >= 4 is 0 Å². The Hall–Kier alpha value is -1.96. The monoisotopic (exact) mass is 272 g/mol. The van der Waals surface area contributed by atoms with Crippen LogP contribution in [0.15, 0.2) is 73.2 Å². The summed E-state index contributed by atoms with van der Waals surface area (Å²) in [5, 5.41) is 0. The van der Waals surface area contributed by atoms with Gasteiger partial charge in [0.1, 0.15) is 0 Å². The molecule has 0 aliphatic rings. The summed E-state index contributed by atoms with van der Waals surface area (Å²) in [4.78, 5) is 4.30. The lowest BCUT2D eigenvalue weighted by molar-refractivity contribution is 0.292. The first kappa shape index (κ1) is 18.0. The molecule has 0 saturated carbocycles. The van der Waals surface area contributed by atoms with Gasteiger partial charge in [-0.1, -0.05) is 54.7 Å². The minimum Gasteiger partial charge on any atom is -0.363 e. The second kappa shape index (κ2) is 13.5. The van der Waals surface area contributed by atoms with Gasteiger partial charge in [-0.05, 0) is 32.5 Å². The maximum Gasteiger partial charge on any atom is 0.0886 e. The summed E-state index contributed by atoms with van der Waals surface area (Å²) in [7, 11) is 4.14. The van der Waals surface area contributed by atoms with Gasteiger partial charge in [0.05, 0.1) is 6.67 Å². The largest absolute Gasteiger partial charge is 0.363 e. The fourth-order valence-electron chi connectivity index (χ4n) is 1.47. The summed E-state index contributed by atoms with van der Waals surface area (Å²) >= 11 is 0. The molecular formula is C18H28N2. The summed E-state index contributed by atoms with van der Waals surface area (Å²) in [6, 6.07) is 0. The van der Waals surface area contributed by atoms with E-state index in [0.717, 1.165) is 13.1 Å². The Morgan fingerprint density at radius 2 is 1.25 bits per heavy atom. The summed E-state index contributed by atoms with van der Waals surface area (Å²) < 4.78 is 0. The number of allylic oxidation sites excluding steroid dienone is 10. The Balaban J connectivity index is 3.94. The molecule has 0 N–H and O–H groups in total. The fraction of sp³-hybridized carbons (Fsp3) is 0.333. The number of hydrogen-bond donors (Lipinski definition) is 0. The van der Waals surface area contributed by atoms with E-state index in [1.54, 1.807) is 0 Å². The molecule has 0 saturated heterocycles. The molecule has 0 aromatic carbocycles. The van der Waals surface area contributed by atoms with Gasteiger partial charge in [-0.2, -0.15) is 0 Å². The molecule has 20 heavy (non-hydrogen) atoms. The first-order valence-corrected chi connectivity index (χ1v) is 7.01. The Kier molecular flexibility index (Phi) is 12.2. The number of rotatable bonds is 9. The van der Waals surface area contributed by atoms with Crippen molar-refractivity contribution in [2.75, 3.05) is 20.8 Å². The van der Waals surface area contributed by atoms with E-state index in [-0.39, 0.29) is 0 Å². The van der Waals surface area contributed by atoms with Crippen molar-refractivity contribution in [3.63, 3.8) is 0 Å². The Morgan fingerprint density at radius 3 is 1.95 bits per heavy atom. The van der Waals surface area contributed by atoms with Crippen LogP contribution < -0.4 is 0 Å². The van der Waals surface area contributed by atoms with Gasteiger partial charge in [-0.25, -0.2) is 0 Å². The third kappa shape index (κ3) is 12.5. The topological polar surface area (TPSA) is 6.48 Å². The zero-order valence-electron chi connectivity index (χ0n) is 13.2. The Labute approximate surface area is 124 Å². The lowest BCUT2D eigenvalue weighted by Gasteiger charge is -2.21. The molecule has 2 nitrogen and oxygen atoms in total. The highest BCUT2D eigenvalue weighted by Gasteiger charge is 1.92. The molecule has 0 aliphatic carbocycles. The number of hydrogen-bond acceptors (Lipinski definition) is 2. The van der Waals surface area contributed by atoms with Gasteiger partial charge in [0.25, 0.3) is 0 Å². The van der Waals surface area contributed by atoms with Crippen molar-refractivity contribution in [1.29, 1.82) is 0 Å². The van der Waals surface area contributed by atoms with Gasteiger partial charge in [-0.15, -0.1) is 0 Å². The van der Waals surface area contributed by atoms with E-state index in [1.165, 1.54) is 0 Å².